The molecule has 0 N–H and O–H groups in total. The zero-order valence-corrected chi connectivity index (χ0v) is 34.8. The molecule has 0 aliphatic heterocycles. The van der Waals surface area contributed by atoms with Crippen LogP contribution in [0, 0.1) is 0 Å². The first-order valence-electron chi connectivity index (χ1n) is 21.8. The minimum Gasteiger partial charge on any atom is -0.310 e. The molecule has 0 atom stereocenters. The molecule has 1 saturated carbocycles. The molecule has 1 fully saturated rings. The van der Waals surface area contributed by atoms with E-state index in [1.807, 2.05) is 11.3 Å². The Morgan fingerprint density at radius 2 is 1.13 bits per heavy atom. The first-order chi connectivity index (χ1) is 30.3. The van der Waals surface area contributed by atoms with E-state index in [1.54, 1.807) is 0 Å². The summed E-state index contributed by atoms with van der Waals surface area (Å²) in [6.45, 7) is 0. The lowest BCUT2D eigenvalue weighted by Crippen LogP contribution is -2.12. The molecule has 2 aromatic heterocycles. The predicted molar refractivity (Wildman–Crippen MR) is 263 cm³/mol. The van der Waals surface area contributed by atoms with Crippen molar-refractivity contribution < 1.29 is 0 Å². The van der Waals surface area contributed by atoms with Crippen LogP contribution in [0.4, 0.5) is 17.1 Å². The van der Waals surface area contributed by atoms with Crippen molar-refractivity contribution in [3.05, 3.63) is 206 Å². The first-order valence-corrected chi connectivity index (χ1v) is 22.6. The van der Waals surface area contributed by atoms with Crippen LogP contribution in [0.15, 0.2) is 200 Å². The van der Waals surface area contributed by atoms with Crippen molar-refractivity contribution >= 4 is 81.1 Å². The van der Waals surface area contributed by atoms with Crippen LogP contribution in [-0.2, 0) is 0 Å². The highest BCUT2D eigenvalue weighted by Gasteiger charge is 2.24. The fourth-order valence-corrected chi connectivity index (χ4v) is 11.7. The van der Waals surface area contributed by atoms with Crippen molar-refractivity contribution in [2.45, 2.75) is 38.0 Å². The van der Waals surface area contributed by atoms with E-state index in [0.717, 1.165) is 22.7 Å². The van der Waals surface area contributed by atoms with Crippen LogP contribution in [0.5, 0.6) is 0 Å². The monoisotopic (exact) mass is 800 g/mol. The van der Waals surface area contributed by atoms with Crippen LogP contribution in [-0.4, -0.2) is 4.57 Å². The fraction of sp³-hybridized carbons (Fsp3) is 0.103. The predicted octanol–water partition coefficient (Wildman–Crippen LogP) is 17.2. The molecule has 9 aromatic carbocycles. The standard InChI is InChI=1S/C58H44N2S/c1-3-17-39(18-4-1)45-28-14-19-40-20-15-30-50(57(40)45)47-25-7-10-32-53(47)59(43-24-13-21-41(37-43)46-29-16-31-51-49-27-9-12-34-56(49)61-58(46)51)44-35-36-55-52(38-44)48-26-8-11-33-54(48)60(55)42-22-5-2-6-23-42/h2,5-16,19-39H,1,3-4,17-18H2. The molecule has 0 bridgehead atoms. The second kappa shape index (κ2) is 15.0. The van der Waals surface area contributed by atoms with Gasteiger partial charge in [0.25, 0.3) is 0 Å². The van der Waals surface area contributed by atoms with Crippen molar-refractivity contribution in [2.75, 3.05) is 4.90 Å². The number of thiophene rings is 1. The highest BCUT2D eigenvalue weighted by molar-refractivity contribution is 7.26. The van der Waals surface area contributed by atoms with Crippen molar-refractivity contribution in [2.24, 2.45) is 0 Å². The van der Waals surface area contributed by atoms with E-state index in [9.17, 15) is 0 Å². The van der Waals surface area contributed by atoms with Gasteiger partial charge in [0.2, 0.25) is 0 Å². The smallest absolute Gasteiger partial charge is 0.0542 e. The Hall–Kier alpha value is -6.94. The van der Waals surface area contributed by atoms with Gasteiger partial charge in [0, 0.05) is 53.6 Å². The van der Waals surface area contributed by atoms with Crippen molar-refractivity contribution in [3.8, 4) is 27.9 Å². The Balaban J connectivity index is 1.11. The quantitative estimate of drug-likeness (QED) is 0.156. The van der Waals surface area contributed by atoms with Crippen molar-refractivity contribution in [1.29, 1.82) is 0 Å². The van der Waals surface area contributed by atoms with Crippen LogP contribution in [0.2, 0.25) is 0 Å². The van der Waals surface area contributed by atoms with E-state index >= 15 is 0 Å². The molecule has 12 rings (SSSR count). The number of fused-ring (bicyclic) bond motifs is 7. The molecular formula is C58H44N2S. The van der Waals surface area contributed by atoms with Gasteiger partial charge in [-0.05, 0) is 112 Å². The molecule has 0 unspecified atom stereocenters. The van der Waals surface area contributed by atoms with Crippen LogP contribution in [0.3, 0.4) is 0 Å². The maximum Gasteiger partial charge on any atom is 0.0542 e. The minimum absolute atomic E-state index is 0.583. The molecule has 292 valence electrons. The summed E-state index contributed by atoms with van der Waals surface area (Å²) in [7, 11) is 0. The van der Waals surface area contributed by atoms with Gasteiger partial charge in [0.05, 0.1) is 16.7 Å². The van der Waals surface area contributed by atoms with Gasteiger partial charge >= 0.3 is 0 Å². The van der Waals surface area contributed by atoms with Crippen LogP contribution >= 0.6 is 11.3 Å². The summed E-state index contributed by atoms with van der Waals surface area (Å²) in [5.41, 5.74) is 13.5. The third-order valence-electron chi connectivity index (χ3n) is 13.2. The highest BCUT2D eigenvalue weighted by atomic mass is 32.1. The van der Waals surface area contributed by atoms with E-state index in [1.165, 1.54) is 113 Å². The zero-order valence-electron chi connectivity index (χ0n) is 34.0. The maximum absolute atomic E-state index is 2.51. The van der Waals surface area contributed by atoms with Gasteiger partial charge in [-0.2, -0.15) is 0 Å². The maximum atomic E-state index is 2.51. The molecule has 0 amide bonds. The van der Waals surface area contributed by atoms with Gasteiger partial charge in [-0.15, -0.1) is 11.3 Å². The van der Waals surface area contributed by atoms with E-state index in [-0.39, 0.29) is 0 Å². The molecule has 3 heteroatoms. The molecule has 2 nitrogen and oxygen atoms in total. The summed E-state index contributed by atoms with van der Waals surface area (Å²) in [5, 5.41) is 7.83. The van der Waals surface area contributed by atoms with Crippen LogP contribution in [0.25, 0.3) is 80.7 Å². The molecule has 1 aliphatic rings. The number of benzene rings is 9. The third-order valence-corrected chi connectivity index (χ3v) is 14.4. The van der Waals surface area contributed by atoms with Gasteiger partial charge < -0.3 is 9.47 Å². The molecule has 0 radical (unpaired) electrons. The van der Waals surface area contributed by atoms with Gasteiger partial charge in [0.15, 0.2) is 0 Å². The third kappa shape index (κ3) is 6.06. The Morgan fingerprint density at radius 1 is 0.459 bits per heavy atom. The second-order valence-corrected chi connectivity index (χ2v) is 17.7. The number of rotatable bonds is 7. The van der Waals surface area contributed by atoms with E-state index in [0.29, 0.717) is 5.92 Å². The normalized spacial score (nSPS) is 13.5. The topological polar surface area (TPSA) is 8.17 Å². The number of hydrogen-bond acceptors (Lipinski definition) is 2. The Morgan fingerprint density at radius 3 is 2.03 bits per heavy atom. The van der Waals surface area contributed by atoms with Gasteiger partial charge in [-0.25, -0.2) is 0 Å². The first kappa shape index (κ1) is 36.0. The van der Waals surface area contributed by atoms with Gasteiger partial charge in [-0.1, -0.05) is 159 Å². The summed E-state index contributed by atoms with van der Waals surface area (Å²) in [4.78, 5) is 2.51. The van der Waals surface area contributed by atoms with Gasteiger partial charge in [-0.3, -0.25) is 0 Å². The zero-order chi connectivity index (χ0) is 40.3. The summed E-state index contributed by atoms with van der Waals surface area (Å²) in [6, 6.07) is 74.5. The number of para-hydroxylation sites is 3. The summed E-state index contributed by atoms with van der Waals surface area (Å²) >= 11 is 1.89. The number of hydrogen-bond donors (Lipinski definition) is 0. The van der Waals surface area contributed by atoms with Crippen molar-refractivity contribution in [1.82, 2.24) is 4.57 Å². The Labute approximate surface area is 360 Å². The second-order valence-electron chi connectivity index (χ2n) is 16.7. The molecule has 11 aromatic rings. The summed E-state index contributed by atoms with van der Waals surface area (Å²) in [6.07, 6.45) is 6.48. The molecule has 0 spiro atoms. The molecule has 0 saturated heterocycles. The van der Waals surface area contributed by atoms with Crippen molar-refractivity contribution in [3.63, 3.8) is 0 Å². The Bertz CT molecular complexity index is 3420. The molecule has 1 aliphatic carbocycles. The molecular weight excluding hydrogens is 757 g/mol. The minimum atomic E-state index is 0.583. The average Bonchev–Trinajstić information content (AvgIpc) is 3.88. The van der Waals surface area contributed by atoms with Gasteiger partial charge in [0.1, 0.15) is 0 Å². The van der Waals surface area contributed by atoms with Crippen LogP contribution in [0.1, 0.15) is 43.6 Å². The lowest BCUT2D eigenvalue weighted by atomic mass is 9.80. The SMILES string of the molecule is c1ccc(-n2c3ccccc3c3cc(N(c4cccc(-c5cccc6c5sc5ccccc56)c4)c4ccccc4-c4cccc5cccc(C6CCCCC6)c45)ccc32)cc1. The number of anilines is 3. The van der Waals surface area contributed by atoms with Crippen LogP contribution < -0.4 is 4.90 Å². The Kier molecular flexibility index (Phi) is 8.82. The lowest BCUT2D eigenvalue weighted by molar-refractivity contribution is 0.445. The molecule has 2 heterocycles. The fourth-order valence-electron chi connectivity index (χ4n) is 10.4. The highest BCUT2D eigenvalue weighted by Crippen LogP contribution is 2.48. The summed E-state index contributed by atoms with van der Waals surface area (Å²) < 4.78 is 5.05. The average molecular weight is 801 g/mol. The van der Waals surface area contributed by atoms with E-state index in [2.05, 4.69) is 210 Å². The molecule has 61 heavy (non-hydrogen) atoms. The van der Waals surface area contributed by atoms with E-state index < -0.39 is 0 Å². The van der Waals surface area contributed by atoms with E-state index in [4.69, 9.17) is 0 Å². The summed E-state index contributed by atoms with van der Waals surface area (Å²) in [5.74, 6) is 0.583. The number of nitrogens with zero attached hydrogens (tertiary/aromatic N) is 2. The largest absolute Gasteiger partial charge is 0.310 e. The number of aromatic nitrogens is 1. The lowest BCUT2D eigenvalue weighted by Gasteiger charge is -2.29.